The molecule has 6 rings (SSSR count). The first-order chi connectivity index (χ1) is 36.3. The first kappa shape index (κ1) is 62.9. The Kier molecular flexibility index (Phi) is 24.7. The van der Waals surface area contributed by atoms with Gasteiger partial charge in [-0.2, -0.15) is 0 Å². The number of ether oxygens (including phenoxy) is 5. The average molecular weight is 1070 g/mol. The summed E-state index contributed by atoms with van der Waals surface area (Å²) in [6.07, 6.45) is 15.0. The van der Waals surface area contributed by atoms with Crippen LogP contribution in [0.1, 0.15) is 138 Å². The predicted octanol–water partition coefficient (Wildman–Crippen LogP) is 6.03. The molecule has 5 aliphatic heterocycles. The number of amides is 1. The lowest BCUT2D eigenvalue weighted by Crippen LogP contribution is -2.65. The van der Waals surface area contributed by atoms with Crippen LogP contribution in [0.15, 0.2) is 47.6 Å². The SMILES string of the molecule is CO.COC1CC(C[C@H]2C3CCCN4C(=O)C(=O)C5(O)O[C@H](CC/C(C)=C/C=C/C=C/[C@@H](C)CC(C)C(=O)[C@H](OC)C(O)/C(C)=C/[C@@H](C)C(=O)C[C@@H]2OC(=O)C34)CCC5C)CC[C@H]1OC(=O)CN1CCC(CCO)CC1. The number of hydrogen-bond donors (Lipinski definition) is 4. The van der Waals surface area contributed by atoms with Gasteiger partial charge >= 0.3 is 11.9 Å². The summed E-state index contributed by atoms with van der Waals surface area (Å²) < 4.78 is 30.1. The molecular weight excluding hydrogens is 977 g/mol. The molecule has 0 aromatic rings. The summed E-state index contributed by atoms with van der Waals surface area (Å²) in [5.41, 5.74) is 1.44. The number of carbonyl (C=O) groups excluding carboxylic acids is 6. The van der Waals surface area contributed by atoms with Gasteiger partial charge < -0.3 is 49.0 Å². The van der Waals surface area contributed by atoms with E-state index in [9.17, 15) is 44.1 Å². The number of Topliss-reactive ketones (excluding diaryl/α,β-unsaturated/α-hetero) is 3. The average Bonchev–Trinajstić information content (AvgIpc) is 3.40. The van der Waals surface area contributed by atoms with Crippen LogP contribution in [0.4, 0.5) is 0 Å². The Morgan fingerprint density at radius 1 is 0.842 bits per heavy atom. The van der Waals surface area contributed by atoms with Crippen molar-refractivity contribution in [3.05, 3.63) is 47.6 Å². The summed E-state index contributed by atoms with van der Waals surface area (Å²) in [4.78, 5) is 88.2. The second kappa shape index (κ2) is 29.9. The van der Waals surface area contributed by atoms with Crippen molar-refractivity contribution >= 4 is 35.2 Å². The minimum Gasteiger partial charge on any atom is -0.460 e. The number of ketones is 3. The largest absolute Gasteiger partial charge is 0.460 e. The van der Waals surface area contributed by atoms with E-state index in [2.05, 4.69) is 4.90 Å². The van der Waals surface area contributed by atoms with Crippen molar-refractivity contribution in [3.8, 4) is 0 Å². The van der Waals surface area contributed by atoms with Crippen LogP contribution < -0.4 is 0 Å². The van der Waals surface area contributed by atoms with Gasteiger partial charge in [0.1, 0.15) is 36.2 Å². The van der Waals surface area contributed by atoms with E-state index < -0.39 is 95.7 Å². The zero-order valence-corrected chi connectivity index (χ0v) is 46.9. The Morgan fingerprint density at radius 2 is 1.57 bits per heavy atom. The highest BCUT2D eigenvalue weighted by Gasteiger charge is 2.57. The number of likely N-dealkylation sites (tertiary alicyclic amines) is 1. The molecule has 0 aromatic carbocycles. The number of nitrogens with zero attached hydrogens (tertiary/aromatic N) is 2. The molecule has 0 aromatic heterocycles. The molecule has 5 heterocycles. The van der Waals surface area contributed by atoms with Crippen LogP contribution in [-0.4, -0.2) is 168 Å². The van der Waals surface area contributed by atoms with E-state index in [0.717, 1.165) is 45.0 Å². The smallest absolute Gasteiger partial charge is 0.329 e. The molecule has 6 aliphatic rings. The Hall–Kier alpha value is -3.94. The number of piperidine rings is 2. The highest BCUT2D eigenvalue weighted by molar-refractivity contribution is 6.39. The first-order valence-corrected chi connectivity index (χ1v) is 28.2. The van der Waals surface area contributed by atoms with Gasteiger partial charge in [-0.15, -0.1) is 0 Å². The van der Waals surface area contributed by atoms with E-state index in [0.29, 0.717) is 82.1 Å². The van der Waals surface area contributed by atoms with Crippen LogP contribution >= 0.6 is 0 Å². The van der Waals surface area contributed by atoms with Gasteiger partial charge in [0.2, 0.25) is 5.79 Å². The van der Waals surface area contributed by atoms with E-state index in [1.165, 1.54) is 12.0 Å². The van der Waals surface area contributed by atoms with Gasteiger partial charge in [-0.1, -0.05) is 69.7 Å². The van der Waals surface area contributed by atoms with E-state index in [-0.39, 0.29) is 55.5 Å². The zero-order chi connectivity index (χ0) is 55.9. The summed E-state index contributed by atoms with van der Waals surface area (Å²) in [6.45, 7) is 12.9. The molecule has 0 spiro atoms. The van der Waals surface area contributed by atoms with Crippen LogP contribution in [0.3, 0.4) is 0 Å². The molecule has 5 fully saturated rings. The van der Waals surface area contributed by atoms with Crippen molar-refractivity contribution in [1.82, 2.24) is 9.80 Å². The minimum absolute atomic E-state index is 0.00475. The third-order valence-electron chi connectivity index (χ3n) is 17.4. The topological polar surface area (TPSA) is 236 Å². The van der Waals surface area contributed by atoms with Crippen molar-refractivity contribution in [2.75, 3.05) is 54.1 Å². The first-order valence-electron chi connectivity index (χ1n) is 28.2. The molecule has 8 unspecified atom stereocenters. The molecule has 15 atom stereocenters. The zero-order valence-electron chi connectivity index (χ0n) is 46.9. The lowest BCUT2D eigenvalue weighted by atomic mass is 9.68. The number of aliphatic hydroxyl groups is 4. The van der Waals surface area contributed by atoms with E-state index in [1.54, 1.807) is 34.0 Å². The lowest BCUT2D eigenvalue weighted by Gasteiger charge is -2.50. The quantitative estimate of drug-likeness (QED) is 0.117. The number of carbonyl (C=O) groups is 6. The maximum absolute atomic E-state index is 14.6. The van der Waals surface area contributed by atoms with E-state index in [4.69, 9.17) is 28.8 Å². The van der Waals surface area contributed by atoms with Gasteiger partial charge in [-0.05, 0) is 146 Å². The molecular formula is C59H92N2O15. The second-order valence-electron chi connectivity index (χ2n) is 22.9. The molecule has 4 saturated heterocycles. The van der Waals surface area contributed by atoms with Crippen LogP contribution in [-0.2, 0) is 52.5 Å². The van der Waals surface area contributed by atoms with E-state index in [1.807, 2.05) is 51.2 Å². The van der Waals surface area contributed by atoms with Crippen molar-refractivity contribution in [2.45, 2.75) is 186 Å². The highest BCUT2D eigenvalue weighted by atomic mass is 16.6. The van der Waals surface area contributed by atoms with Crippen LogP contribution in [0.5, 0.6) is 0 Å². The van der Waals surface area contributed by atoms with Crippen molar-refractivity contribution in [3.63, 3.8) is 0 Å². The normalized spacial score (nSPS) is 38.6. The van der Waals surface area contributed by atoms with Crippen LogP contribution in [0.2, 0.25) is 0 Å². The van der Waals surface area contributed by atoms with Gasteiger partial charge in [0.05, 0.1) is 18.8 Å². The van der Waals surface area contributed by atoms with Gasteiger partial charge in [0.25, 0.3) is 11.7 Å². The fraction of sp³-hybridized carbons (Fsp3) is 0.763. The molecule has 428 valence electrons. The third-order valence-corrected chi connectivity index (χ3v) is 17.4. The standard InChI is InChI=1S/C58H88N2O14.CH4O/c1-35-13-10-9-11-14-36(2)29-38(4)52(64)54(71-8)53(65)39(5)30-37(3)46(62)33-48-45(31-42-18-21-47(49(32-42)70-7)72-50(63)34-59-26-22-41(23-27-59)24-28-61)44-15-12-25-60(51(44)57(68)73-48)56(67)55(66)58(69)40(6)17-20-43(74-58)19-16-35;1-2/h9-11,13-14,30,36-38,40-45,47-49,51,53-54,61,65,69H,12,15-29,31-34H2,1-8H3;2H,1H3/b10-9+,14-11+,35-13+,39-30+;/t36-,37-,38?,40?,42?,43-,44?,45+,47-,48+,49?,51?,53?,54+,58?;/m1./s1. The molecule has 4 bridgehead atoms. The Morgan fingerprint density at radius 3 is 2.25 bits per heavy atom. The van der Waals surface area contributed by atoms with E-state index >= 15 is 0 Å². The van der Waals surface area contributed by atoms with Crippen LogP contribution in [0.25, 0.3) is 0 Å². The Labute approximate surface area is 451 Å². The molecule has 76 heavy (non-hydrogen) atoms. The summed E-state index contributed by atoms with van der Waals surface area (Å²) in [5, 5.41) is 39.9. The highest BCUT2D eigenvalue weighted by Crippen LogP contribution is 2.46. The van der Waals surface area contributed by atoms with Crippen molar-refractivity contribution in [1.29, 1.82) is 0 Å². The van der Waals surface area contributed by atoms with Gasteiger partial charge in [-0.3, -0.25) is 28.9 Å². The third kappa shape index (κ3) is 16.3. The number of hydrogen-bond acceptors (Lipinski definition) is 16. The van der Waals surface area contributed by atoms with Gasteiger partial charge in [-0.25, -0.2) is 4.79 Å². The van der Waals surface area contributed by atoms with Crippen LogP contribution in [0, 0.1) is 47.3 Å². The maximum Gasteiger partial charge on any atom is 0.329 e. The minimum atomic E-state index is -2.39. The summed E-state index contributed by atoms with van der Waals surface area (Å²) in [7, 11) is 3.99. The number of rotatable bonds is 9. The Balaban J connectivity index is 0.00000527. The number of aliphatic hydroxyl groups excluding tert-OH is 3. The monoisotopic (exact) mass is 1070 g/mol. The predicted molar refractivity (Wildman–Crippen MR) is 285 cm³/mol. The van der Waals surface area contributed by atoms with Gasteiger partial charge in [0, 0.05) is 64.6 Å². The van der Waals surface area contributed by atoms with Crippen molar-refractivity contribution < 1.29 is 72.9 Å². The fourth-order valence-electron chi connectivity index (χ4n) is 12.8. The fourth-order valence-corrected chi connectivity index (χ4v) is 12.8. The number of methoxy groups -OCH3 is 2. The molecule has 17 heteroatoms. The molecule has 17 nitrogen and oxygen atoms in total. The second-order valence-corrected chi connectivity index (χ2v) is 22.9. The number of fused-ring (bicyclic) bond motifs is 4. The molecule has 1 aliphatic carbocycles. The summed E-state index contributed by atoms with van der Waals surface area (Å²) in [5.74, 6) is -8.34. The Bertz CT molecular complexity index is 2080. The summed E-state index contributed by atoms with van der Waals surface area (Å²) in [6, 6.07) is -1.14. The summed E-state index contributed by atoms with van der Waals surface area (Å²) >= 11 is 0. The number of esters is 2. The van der Waals surface area contributed by atoms with Gasteiger partial charge in [0.15, 0.2) is 5.78 Å². The molecule has 0 radical (unpaired) electrons. The maximum atomic E-state index is 14.6. The molecule has 1 saturated carbocycles. The lowest BCUT2D eigenvalue weighted by molar-refractivity contribution is -0.263. The molecule has 4 N–H and O–H groups in total. The molecule has 1 amide bonds. The van der Waals surface area contributed by atoms with Crippen molar-refractivity contribution in [2.24, 2.45) is 47.3 Å². The number of allylic oxidation sites excluding steroid dienone is 7.